The van der Waals surface area contributed by atoms with Gasteiger partial charge in [0.2, 0.25) is 0 Å². The number of hydrogen-bond acceptors (Lipinski definition) is 2. The van der Waals surface area contributed by atoms with E-state index >= 15 is 0 Å². The van der Waals surface area contributed by atoms with Crippen molar-refractivity contribution in [3.05, 3.63) is 17.7 Å². The van der Waals surface area contributed by atoms with Crippen LogP contribution in [0.25, 0.3) is 0 Å². The standard InChI is InChI=1S/C12H21N3/c1-9(2)10-4-6-15-8-14-11(3-5-13)12(15)7-10/h8-10H,3-7,13H2,1-2H3. The number of imidazole rings is 1. The van der Waals surface area contributed by atoms with Crippen LogP contribution in [0.2, 0.25) is 0 Å². The topological polar surface area (TPSA) is 43.8 Å². The van der Waals surface area contributed by atoms with Crippen molar-refractivity contribution in [2.45, 2.75) is 39.7 Å². The molecule has 2 rings (SSSR count). The number of nitrogens with zero attached hydrogens (tertiary/aromatic N) is 2. The minimum Gasteiger partial charge on any atom is -0.334 e. The molecule has 0 spiro atoms. The van der Waals surface area contributed by atoms with Gasteiger partial charge in [0.1, 0.15) is 0 Å². The van der Waals surface area contributed by atoms with Gasteiger partial charge in [-0.05, 0) is 31.2 Å². The van der Waals surface area contributed by atoms with E-state index in [0.29, 0.717) is 6.54 Å². The summed E-state index contributed by atoms with van der Waals surface area (Å²) in [4.78, 5) is 4.46. The third-order valence-electron chi connectivity index (χ3n) is 3.55. The summed E-state index contributed by atoms with van der Waals surface area (Å²) in [5, 5.41) is 0. The third kappa shape index (κ3) is 2.07. The molecule has 2 heterocycles. The predicted octanol–water partition coefficient (Wildman–Crippen LogP) is 1.60. The minimum atomic E-state index is 0.705. The van der Waals surface area contributed by atoms with Crippen molar-refractivity contribution >= 4 is 0 Å². The summed E-state index contributed by atoms with van der Waals surface area (Å²) in [5.74, 6) is 1.60. The first kappa shape index (κ1) is 10.7. The summed E-state index contributed by atoms with van der Waals surface area (Å²) in [6.45, 7) is 6.48. The zero-order valence-electron chi connectivity index (χ0n) is 9.74. The number of aryl methyl sites for hydroxylation is 1. The second-order valence-electron chi connectivity index (χ2n) is 4.87. The van der Waals surface area contributed by atoms with Crippen molar-refractivity contribution in [2.75, 3.05) is 6.54 Å². The Balaban J connectivity index is 2.18. The van der Waals surface area contributed by atoms with E-state index in [-0.39, 0.29) is 0 Å². The molecule has 1 atom stereocenters. The molecular weight excluding hydrogens is 186 g/mol. The van der Waals surface area contributed by atoms with Crippen molar-refractivity contribution < 1.29 is 0 Å². The summed E-state index contributed by atoms with van der Waals surface area (Å²) in [6.07, 6.45) is 5.39. The fourth-order valence-electron chi connectivity index (χ4n) is 2.45. The van der Waals surface area contributed by atoms with Crippen molar-refractivity contribution in [3.8, 4) is 0 Å². The van der Waals surface area contributed by atoms with E-state index in [1.807, 2.05) is 6.33 Å². The van der Waals surface area contributed by atoms with Crippen LogP contribution in [0.15, 0.2) is 6.33 Å². The quantitative estimate of drug-likeness (QED) is 0.818. The third-order valence-corrected chi connectivity index (χ3v) is 3.55. The molecule has 3 heteroatoms. The van der Waals surface area contributed by atoms with Crippen LogP contribution >= 0.6 is 0 Å². The molecule has 0 fully saturated rings. The van der Waals surface area contributed by atoms with E-state index in [2.05, 4.69) is 23.4 Å². The molecule has 1 unspecified atom stereocenters. The highest BCUT2D eigenvalue weighted by molar-refractivity contribution is 5.16. The zero-order valence-corrected chi connectivity index (χ0v) is 9.74. The largest absolute Gasteiger partial charge is 0.334 e. The molecule has 1 aliphatic rings. The molecule has 1 aliphatic heterocycles. The zero-order chi connectivity index (χ0) is 10.8. The van der Waals surface area contributed by atoms with Crippen LogP contribution in [-0.4, -0.2) is 16.1 Å². The van der Waals surface area contributed by atoms with Gasteiger partial charge < -0.3 is 10.3 Å². The molecule has 0 saturated heterocycles. The van der Waals surface area contributed by atoms with E-state index < -0.39 is 0 Å². The predicted molar refractivity (Wildman–Crippen MR) is 61.6 cm³/mol. The second kappa shape index (κ2) is 4.35. The molecule has 0 radical (unpaired) electrons. The number of aromatic nitrogens is 2. The number of fused-ring (bicyclic) bond motifs is 1. The molecule has 15 heavy (non-hydrogen) atoms. The maximum Gasteiger partial charge on any atom is 0.0951 e. The molecule has 0 aromatic carbocycles. The van der Waals surface area contributed by atoms with Gasteiger partial charge in [0.25, 0.3) is 0 Å². The van der Waals surface area contributed by atoms with Crippen LogP contribution in [0.3, 0.4) is 0 Å². The van der Waals surface area contributed by atoms with Crippen molar-refractivity contribution in [1.82, 2.24) is 9.55 Å². The van der Waals surface area contributed by atoms with Gasteiger partial charge >= 0.3 is 0 Å². The van der Waals surface area contributed by atoms with E-state index in [0.717, 1.165) is 24.8 Å². The highest BCUT2D eigenvalue weighted by atomic mass is 15.1. The smallest absolute Gasteiger partial charge is 0.0951 e. The average Bonchev–Trinajstić information content (AvgIpc) is 2.61. The second-order valence-corrected chi connectivity index (χ2v) is 4.87. The molecule has 0 saturated carbocycles. The lowest BCUT2D eigenvalue weighted by Crippen LogP contribution is -2.23. The molecule has 3 nitrogen and oxygen atoms in total. The molecule has 0 bridgehead atoms. The van der Waals surface area contributed by atoms with E-state index in [1.54, 1.807) is 0 Å². The normalized spacial score (nSPS) is 20.7. The number of hydrogen-bond donors (Lipinski definition) is 1. The molecular formula is C12H21N3. The summed E-state index contributed by atoms with van der Waals surface area (Å²) in [7, 11) is 0. The van der Waals surface area contributed by atoms with Gasteiger partial charge in [0.05, 0.1) is 12.0 Å². The maximum absolute atomic E-state index is 5.60. The summed E-state index contributed by atoms with van der Waals surface area (Å²) in [5.41, 5.74) is 8.26. The van der Waals surface area contributed by atoms with Gasteiger partial charge in [-0.3, -0.25) is 0 Å². The van der Waals surface area contributed by atoms with Crippen LogP contribution in [-0.2, 0) is 19.4 Å². The minimum absolute atomic E-state index is 0.705. The Kier molecular flexibility index (Phi) is 3.10. The van der Waals surface area contributed by atoms with Gasteiger partial charge in [0, 0.05) is 18.7 Å². The van der Waals surface area contributed by atoms with E-state index in [4.69, 9.17) is 5.73 Å². The Hall–Kier alpha value is -0.830. The first-order valence-corrected chi connectivity index (χ1v) is 5.95. The molecule has 1 aromatic heterocycles. The molecule has 0 aliphatic carbocycles. The average molecular weight is 207 g/mol. The van der Waals surface area contributed by atoms with Crippen LogP contribution in [0, 0.1) is 11.8 Å². The highest BCUT2D eigenvalue weighted by Gasteiger charge is 2.23. The fraction of sp³-hybridized carbons (Fsp3) is 0.750. The lowest BCUT2D eigenvalue weighted by molar-refractivity contribution is 0.302. The first-order chi connectivity index (χ1) is 7.22. The van der Waals surface area contributed by atoms with E-state index in [1.165, 1.54) is 24.2 Å². The molecule has 0 amide bonds. The lowest BCUT2D eigenvalue weighted by Gasteiger charge is -2.27. The first-order valence-electron chi connectivity index (χ1n) is 5.95. The molecule has 1 aromatic rings. The van der Waals surface area contributed by atoms with Crippen molar-refractivity contribution in [2.24, 2.45) is 17.6 Å². The Morgan fingerprint density at radius 1 is 1.60 bits per heavy atom. The molecule has 2 N–H and O–H groups in total. The summed E-state index contributed by atoms with van der Waals surface area (Å²) < 4.78 is 2.31. The Labute approximate surface area is 91.7 Å². The van der Waals surface area contributed by atoms with Crippen LogP contribution in [0.1, 0.15) is 31.7 Å². The maximum atomic E-state index is 5.60. The lowest BCUT2D eigenvalue weighted by atomic mass is 9.85. The van der Waals surface area contributed by atoms with Crippen LogP contribution in [0.5, 0.6) is 0 Å². The number of nitrogens with two attached hydrogens (primary N) is 1. The van der Waals surface area contributed by atoms with Gasteiger partial charge in [-0.2, -0.15) is 0 Å². The van der Waals surface area contributed by atoms with Gasteiger partial charge in [-0.25, -0.2) is 4.98 Å². The van der Waals surface area contributed by atoms with Gasteiger partial charge in [0.15, 0.2) is 0 Å². The Bertz CT molecular complexity index is 328. The van der Waals surface area contributed by atoms with Crippen molar-refractivity contribution in [3.63, 3.8) is 0 Å². The van der Waals surface area contributed by atoms with Crippen LogP contribution in [0.4, 0.5) is 0 Å². The fourth-order valence-corrected chi connectivity index (χ4v) is 2.45. The van der Waals surface area contributed by atoms with Crippen molar-refractivity contribution in [1.29, 1.82) is 0 Å². The summed E-state index contributed by atoms with van der Waals surface area (Å²) in [6, 6.07) is 0. The Morgan fingerprint density at radius 3 is 3.07 bits per heavy atom. The molecule has 84 valence electrons. The highest BCUT2D eigenvalue weighted by Crippen LogP contribution is 2.27. The SMILES string of the molecule is CC(C)C1CCn2cnc(CCN)c2C1. The Morgan fingerprint density at radius 2 is 2.40 bits per heavy atom. The van der Waals surface area contributed by atoms with Crippen LogP contribution < -0.4 is 5.73 Å². The van der Waals surface area contributed by atoms with Gasteiger partial charge in [-0.15, -0.1) is 0 Å². The van der Waals surface area contributed by atoms with E-state index in [9.17, 15) is 0 Å². The van der Waals surface area contributed by atoms with Gasteiger partial charge in [-0.1, -0.05) is 13.8 Å². The summed E-state index contributed by atoms with van der Waals surface area (Å²) >= 11 is 0. The number of rotatable bonds is 3. The monoisotopic (exact) mass is 207 g/mol.